The number of carbonyl (C=O) groups excluding carboxylic acids is 2. The number of aryl methyl sites for hydroxylation is 1. The zero-order valence-corrected chi connectivity index (χ0v) is 32.2. The number of nitrogens with zero attached hydrogens (tertiary/aromatic N) is 4. The normalized spacial score (nSPS) is 22.0. The van der Waals surface area contributed by atoms with Crippen LogP contribution in [-0.4, -0.2) is 98.7 Å². The van der Waals surface area contributed by atoms with Crippen molar-refractivity contribution in [2.45, 2.75) is 58.5 Å². The Hall–Kier alpha value is -4.20. The maximum Gasteiger partial charge on any atom is 0.264 e. The molecule has 3 aliphatic heterocycles. The molecule has 2 atom stereocenters. The predicted octanol–water partition coefficient (Wildman–Crippen LogP) is 5.01. The summed E-state index contributed by atoms with van der Waals surface area (Å²) in [6.45, 7) is 5.75. The van der Waals surface area contributed by atoms with Gasteiger partial charge in [-0.15, -0.1) is 0 Å². The van der Waals surface area contributed by atoms with E-state index in [1.54, 1.807) is 25.1 Å². The third kappa shape index (κ3) is 7.48. The number of nitrogens with one attached hydrogen (secondary N) is 1. The lowest BCUT2D eigenvalue weighted by atomic mass is 9.75. The second-order valence-corrected chi connectivity index (χ2v) is 17.0. The first-order chi connectivity index (χ1) is 25.5. The summed E-state index contributed by atoms with van der Waals surface area (Å²) in [6, 6.07) is 6.16. The molecule has 1 saturated carbocycles. The van der Waals surface area contributed by atoms with Gasteiger partial charge in [0.05, 0.1) is 56.2 Å². The van der Waals surface area contributed by atoms with Crippen molar-refractivity contribution in [2.75, 3.05) is 52.8 Å². The fraction of sp³-hybridized carbons (Fsp3) is 0.525. The number of morpholine rings is 1. The number of sulfonamides is 1. The van der Waals surface area contributed by atoms with Crippen LogP contribution in [0.1, 0.15) is 79.6 Å². The van der Waals surface area contributed by atoms with Crippen LogP contribution in [0.2, 0.25) is 0 Å². The standard InChI is InChI=1S/C40H51N5O7S/c1-25(2)24-53(48,49)42-39(46)27-11-13-33-35(19-27)45-21-29(37-34(20-41-43(37)3)40(47)44-15-16-52-31(22-44)23-50-4)17-28-18-30(51-5)12-14-32(28)38(45)36(33)26-9-7-6-8-10-26/h11-12,14,17-20,25-26,31,33H,6-10,13,15-16,21-24H2,1-5H3,(H,42,46)/t31-,33?/m0/s1. The number of hydrogen-bond donors (Lipinski definition) is 1. The number of amides is 2. The van der Waals surface area contributed by atoms with Crippen LogP contribution in [0.15, 0.2) is 53.4 Å². The SMILES string of the molecule is COC[C@@H]1CN(C(=O)c2cnn(C)c2C2=Cc3cc(OC)ccc3C3=C(C4CCCCC4)C4CC=C(C(=O)NS(=O)(=O)CC(C)C)C=C4N3C2)CCO1. The largest absolute Gasteiger partial charge is 0.497 e. The van der Waals surface area contributed by atoms with Crippen LogP contribution >= 0.6 is 0 Å². The van der Waals surface area contributed by atoms with E-state index < -0.39 is 15.9 Å². The van der Waals surface area contributed by atoms with Crippen molar-refractivity contribution in [1.29, 1.82) is 0 Å². The molecule has 13 heteroatoms. The summed E-state index contributed by atoms with van der Waals surface area (Å²) in [4.78, 5) is 32.0. The van der Waals surface area contributed by atoms with Crippen molar-refractivity contribution in [3.8, 4) is 5.75 Å². The van der Waals surface area contributed by atoms with Gasteiger partial charge >= 0.3 is 0 Å². The zero-order chi connectivity index (χ0) is 37.4. The Balaban J connectivity index is 1.34. The maximum absolute atomic E-state index is 14.3. The number of rotatable bonds is 10. The van der Waals surface area contributed by atoms with Gasteiger partial charge in [0, 0.05) is 55.7 Å². The number of ether oxygens (including phenoxy) is 3. The molecule has 12 nitrogen and oxygen atoms in total. The van der Waals surface area contributed by atoms with Crippen molar-refractivity contribution in [1.82, 2.24) is 24.3 Å². The van der Waals surface area contributed by atoms with Gasteiger partial charge < -0.3 is 24.0 Å². The Kier molecular flexibility index (Phi) is 10.7. The summed E-state index contributed by atoms with van der Waals surface area (Å²) in [5.74, 6) is 0.146. The zero-order valence-electron chi connectivity index (χ0n) is 31.4. The minimum atomic E-state index is -3.80. The van der Waals surface area contributed by atoms with E-state index in [0.717, 1.165) is 59.5 Å². The molecular formula is C40H51N5O7S. The minimum absolute atomic E-state index is 0.0323. The summed E-state index contributed by atoms with van der Waals surface area (Å²) >= 11 is 0. The second-order valence-electron chi connectivity index (χ2n) is 15.2. The molecule has 0 radical (unpaired) electrons. The van der Waals surface area contributed by atoms with Crippen molar-refractivity contribution >= 4 is 39.2 Å². The van der Waals surface area contributed by atoms with E-state index in [1.165, 1.54) is 12.0 Å². The molecule has 1 N–H and O–H groups in total. The first-order valence-corrected chi connectivity index (χ1v) is 20.4. The lowest BCUT2D eigenvalue weighted by Gasteiger charge is -2.33. The summed E-state index contributed by atoms with van der Waals surface area (Å²) in [7, 11) is 1.34. The van der Waals surface area contributed by atoms with Gasteiger partial charge in [-0.1, -0.05) is 39.2 Å². The van der Waals surface area contributed by atoms with Crippen molar-refractivity contribution in [3.63, 3.8) is 0 Å². The number of benzene rings is 1. The van der Waals surface area contributed by atoms with Crippen LogP contribution in [0.4, 0.5) is 0 Å². The number of methoxy groups -OCH3 is 2. The summed E-state index contributed by atoms with van der Waals surface area (Å²) in [5, 5.41) is 4.61. The van der Waals surface area contributed by atoms with E-state index in [9.17, 15) is 18.0 Å². The highest BCUT2D eigenvalue weighted by molar-refractivity contribution is 7.90. The highest BCUT2D eigenvalue weighted by Crippen LogP contribution is 2.54. The Bertz CT molecular complexity index is 2000. The number of aromatic nitrogens is 2. The minimum Gasteiger partial charge on any atom is -0.497 e. The monoisotopic (exact) mass is 745 g/mol. The Morgan fingerprint density at radius 1 is 1.11 bits per heavy atom. The van der Waals surface area contributed by atoms with Gasteiger partial charge in [0.2, 0.25) is 10.0 Å². The van der Waals surface area contributed by atoms with Gasteiger partial charge in [-0.2, -0.15) is 5.10 Å². The quantitative estimate of drug-likeness (QED) is 0.357. The van der Waals surface area contributed by atoms with E-state index in [-0.39, 0.29) is 29.6 Å². The van der Waals surface area contributed by atoms with Crippen LogP contribution in [0, 0.1) is 17.8 Å². The Morgan fingerprint density at radius 3 is 2.64 bits per heavy atom. The van der Waals surface area contributed by atoms with Crippen molar-refractivity contribution in [2.24, 2.45) is 24.8 Å². The van der Waals surface area contributed by atoms with E-state index in [1.807, 2.05) is 50.1 Å². The molecular weight excluding hydrogens is 695 g/mol. The highest BCUT2D eigenvalue weighted by Gasteiger charge is 2.44. The Labute approximate surface area is 312 Å². The maximum atomic E-state index is 14.3. The Morgan fingerprint density at radius 2 is 1.91 bits per heavy atom. The molecule has 2 aliphatic carbocycles. The molecule has 1 aromatic carbocycles. The number of hydrogen-bond acceptors (Lipinski definition) is 9. The highest BCUT2D eigenvalue weighted by atomic mass is 32.2. The van der Waals surface area contributed by atoms with E-state index >= 15 is 0 Å². The van der Waals surface area contributed by atoms with Crippen molar-refractivity contribution < 1.29 is 32.2 Å². The average molecular weight is 746 g/mol. The van der Waals surface area contributed by atoms with Gasteiger partial charge in [0.25, 0.3) is 11.8 Å². The van der Waals surface area contributed by atoms with Gasteiger partial charge in [-0.05, 0) is 78.2 Å². The summed E-state index contributed by atoms with van der Waals surface area (Å²) in [5.41, 5.74) is 7.96. The molecule has 7 rings (SSSR count). The molecule has 2 aromatic rings. The molecule has 4 heterocycles. The summed E-state index contributed by atoms with van der Waals surface area (Å²) in [6.07, 6.45) is 13.7. The molecule has 0 spiro atoms. The molecule has 53 heavy (non-hydrogen) atoms. The molecule has 5 aliphatic rings. The fourth-order valence-corrected chi connectivity index (χ4v) is 10.1. The van der Waals surface area contributed by atoms with E-state index in [4.69, 9.17) is 14.2 Å². The summed E-state index contributed by atoms with van der Waals surface area (Å²) < 4.78 is 46.6. The topological polar surface area (TPSA) is 132 Å². The van der Waals surface area contributed by atoms with Gasteiger partial charge in [-0.25, -0.2) is 13.1 Å². The molecule has 1 aromatic heterocycles. The van der Waals surface area contributed by atoms with Crippen LogP contribution < -0.4 is 9.46 Å². The third-order valence-corrected chi connectivity index (χ3v) is 12.6. The van der Waals surface area contributed by atoms with Gasteiger partial charge in [0.1, 0.15) is 5.75 Å². The smallest absolute Gasteiger partial charge is 0.264 e. The number of allylic oxidation sites excluding steroid dienone is 2. The molecule has 284 valence electrons. The number of fused-ring (bicyclic) bond motifs is 5. The fourth-order valence-electron chi connectivity index (χ4n) is 8.77. The second kappa shape index (κ2) is 15.3. The van der Waals surface area contributed by atoms with Gasteiger partial charge in [-0.3, -0.25) is 14.3 Å². The van der Waals surface area contributed by atoms with E-state index in [0.29, 0.717) is 62.0 Å². The molecule has 0 bridgehead atoms. The van der Waals surface area contributed by atoms with E-state index in [2.05, 4.69) is 26.9 Å². The van der Waals surface area contributed by atoms with Crippen LogP contribution in [0.25, 0.3) is 17.3 Å². The van der Waals surface area contributed by atoms with Gasteiger partial charge in [0.15, 0.2) is 0 Å². The average Bonchev–Trinajstić information content (AvgIpc) is 3.62. The first kappa shape index (κ1) is 37.1. The van der Waals surface area contributed by atoms with Crippen LogP contribution in [0.3, 0.4) is 0 Å². The molecule has 1 saturated heterocycles. The molecule has 2 fully saturated rings. The third-order valence-electron chi connectivity index (χ3n) is 11.0. The van der Waals surface area contributed by atoms with Crippen LogP contribution in [-0.2, 0) is 31.3 Å². The predicted molar refractivity (Wildman–Crippen MR) is 203 cm³/mol. The van der Waals surface area contributed by atoms with Crippen LogP contribution in [0.5, 0.6) is 5.75 Å². The molecule has 1 unspecified atom stereocenters. The van der Waals surface area contributed by atoms with Crippen molar-refractivity contribution in [3.05, 3.63) is 75.8 Å². The lowest BCUT2D eigenvalue weighted by molar-refractivity contribution is -0.115. The lowest BCUT2D eigenvalue weighted by Crippen LogP contribution is -2.47. The number of carbonyl (C=O) groups is 2. The first-order valence-electron chi connectivity index (χ1n) is 18.8. The molecule has 2 amide bonds.